The second-order valence-electron chi connectivity index (χ2n) is 4.79. The number of hydrogen-bond donors (Lipinski definition) is 2. The molecule has 0 rings (SSSR count). The zero-order chi connectivity index (χ0) is 16.1. The van der Waals surface area contributed by atoms with Gasteiger partial charge in [0.25, 0.3) is 0 Å². The molecule has 0 amide bonds. The van der Waals surface area contributed by atoms with Crippen LogP contribution in [-0.2, 0) is 0 Å². The van der Waals surface area contributed by atoms with Crippen molar-refractivity contribution in [1.82, 2.24) is 0 Å². The van der Waals surface area contributed by atoms with Crippen molar-refractivity contribution in [3.8, 4) is 0 Å². The van der Waals surface area contributed by atoms with Crippen molar-refractivity contribution in [2.45, 2.75) is 38.5 Å². The predicted octanol–water partition coefficient (Wildman–Crippen LogP) is 6.52. The van der Waals surface area contributed by atoms with E-state index >= 15 is 0 Å². The first-order valence-corrected chi connectivity index (χ1v) is 9.36. The number of rotatable bonds is 13. The van der Waals surface area contributed by atoms with Crippen LogP contribution >= 0.6 is 25.3 Å². The molecule has 122 valence electrons. The van der Waals surface area contributed by atoms with Gasteiger partial charge in [0.1, 0.15) is 0 Å². The first-order chi connectivity index (χ1) is 10.9. The minimum atomic E-state index is 0.914. The topological polar surface area (TPSA) is 0 Å². The van der Waals surface area contributed by atoms with Gasteiger partial charge in [-0.05, 0) is 50.0 Å². The molecule has 0 aliphatic heterocycles. The zero-order valence-corrected chi connectivity index (χ0v) is 15.3. The molecular formula is C20H30S2. The molecule has 0 N–H and O–H groups in total. The number of thiol groups is 2. The lowest BCUT2D eigenvalue weighted by atomic mass is 10.2. The van der Waals surface area contributed by atoms with Crippen LogP contribution in [-0.4, -0.2) is 11.5 Å². The summed E-state index contributed by atoms with van der Waals surface area (Å²) in [6, 6.07) is 0. The summed E-state index contributed by atoms with van der Waals surface area (Å²) in [6.07, 6.45) is 32.3. The molecule has 0 bridgehead atoms. The van der Waals surface area contributed by atoms with Gasteiger partial charge in [-0.1, -0.05) is 72.9 Å². The highest BCUT2D eigenvalue weighted by Gasteiger charge is 1.82. The van der Waals surface area contributed by atoms with Crippen molar-refractivity contribution in [2.75, 3.05) is 11.5 Å². The van der Waals surface area contributed by atoms with Crippen molar-refractivity contribution in [2.24, 2.45) is 0 Å². The Kier molecular flexibility index (Phi) is 19.4. The lowest BCUT2D eigenvalue weighted by Gasteiger charge is -1.91. The molecule has 0 saturated carbocycles. The van der Waals surface area contributed by atoms with Gasteiger partial charge in [-0.2, -0.15) is 25.3 Å². The largest absolute Gasteiger partial charge is 0.179 e. The maximum absolute atomic E-state index is 4.15. The first kappa shape index (κ1) is 21.1. The lowest BCUT2D eigenvalue weighted by Crippen LogP contribution is -1.71. The molecule has 0 nitrogen and oxygen atoms in total. The summed E-state index contributed by atoms with van der Waals surface area (Å²) in [5, 5.41) is 0. The van der Waals surface area contributed by atoms with Gasteiger partial charge >= 0.3 is 0 Å². The van der Waals surface area contributed by atoms with E-state index in [4.69, 9.17) is 0 Å². The Morgan fingerprint density at radius 1 is 0.409 bits per heavy atom. The normalized spacial score (nSPS) is 13.4. The van der Waals surface area contributed by atoms with Crippen LogP contribution in [0.4, 0.5) is 0 Å². The second kappa shape index (κ2) is 20.1. The Bertz CT molecular complexity index is 347. The van der Waals surface area contributed by atoms with Gasteiger partial charge in [-0.25, -0.2) is 0 Å². The van der Waals surface area contributed by atoms with Gasteiger partial charge in [0, 0.05) is 0 Å². The molecule has 0 aromatic rings. The third-order valence-electron chi connectivity index (χ3n) is 2.79. The molecular weight excluding hydrogens is 304 g/mol. The first-order valence-electron chi connectivity index (χ1n) is 8.10. The Balaban J connectivity index is 3.45. The van der Waals surface area contributed by atoms with E-state index in [1.54, 1.807) is 0 Å². The highest BCUT2D eigenvalue weighted by Crippen LogP contribution is 2.02. The van der Waals surface area contributed by atoms with Gasteiger partial charge in [-0.3, -0.25) is 0 Å². The summed E-state index contributed by atoms with van der Waals surface area (Å²) in [7, 11) is 0. The molecule has 0 unspecified atom stereocenters. The molecule has 0 fully saturated rings. The smallest absolute Gasteiger partial charge is 0.00632 e. The highest BCUT2D eigenvalue weighted by molar-refractivity contribution is 7.80. The number of allylic oxidation sites excluding steroid dienone is 12. The van der Waals surface area contributed by atoms with E-state index < -0.39 is 0 Å². The van der Waals surface area contributed by atoms with E-state index in [9.17, 15) is 0 Å². The number of hydrogen-bond acceptors (Lipinski definition) is 2. The van der Waals surface area contributed by atoms with Crippen LogP contribution in [0.5, 0.6) is 0 Å². The van der Waals surface area contributed by atoms with E-state index in [1.807, 2.05) is 0 Å². The second-order valence-corrected chi connectivity index (χ2v) is 5.69. The molecule has 2 heteroatoms. The quantitative estimate of drug-likeness (QED) is 0.214. The van der Waals surface area contributed by atoms with Crippen LogP contribution in [0.15, 0.2) is 72.9 Å². The molecule has 0 atom stereocenters. The Morgan fingerprint density at radius 3 is 1.05 bits per heavy atom. The fourth-order valence-electron chi connectivity index (χ4n) is 1.63. The highest BCUT2D eigenvalue weighted by atomic mass is 32.1. The van der Waals surface area contributed by atoms with Crippen LogP contribution in [0.25, 0.3) is 0 Å². The summed E-state index contributed by atoms with van der Waals surface area (Å²) in [5.41, 5.74) is 0. The van der Waals surface area contributed by atoms with E-state index in [2.05, 4.69) is 98.2 Å². The predicted molar refractivity (Wildman–Crippen MR) is 110 cm³/mol. The minimum Gasteiger partial charge on any atom is -0.179 e. The molecule has 0 aliphatic rings. The molecule has 22 heavy (non-hydrogen) atoms. The molecule has 0 aromatic heterocycles. The third-order valence-corrected chi connectivity index (χ3v) is 3.31. The maximum Gasteiger partial charge on any atom is -0.00632 e. The van der Waals surface area contributed by atoms with Crippen LogP contribution in [0.1, 0.15) is 38.5 Å². The number of unbranched alkanes of at least 4 members (excludes halogenated alkanes) is 3. The third kappa shape index (κ3) is 19.1. The molecule has 0 aliphatic carbocycles. The zero-order valence-electron chi connectivity index (χ0n) is 13.5. The van der Waals surface area contributed by atoms with Gasteiger partial charge in [-0.15, -0.1) is 0 Å². The molecule has 0 spiro atoms. The van der Waals surface area contributed by atoms with Crippen molar-refractivity contribution >= 4 is 25.3 Å². The van der Waals surface area contributed by atoms with Gasteiger partial charge in [0.05, 0.1) is 0 Å². The Labute approximate surface area is 148 Å². The van der Waals surface area contributed by atoms with Crippen LogP contribution in [0, 0.1) is 0 Å². The molecule has 0 radical (unpaired) electrons. The Hall–Kier alpha value is -0.860. The van der Waals surface area contributed by atoms with Crippen LogP contribution in [0.3, 0.4) is 0 Å². The van der Waals surface area contributed by atoms with E-state index in [-0.39, 0.29) is 0 Å². The van der Waals surface area contributed by atoms with E-state index in [0.717, 1.165) is 37.2 Å². The van der Waals surface area contributed by atoms with Crippen molar-refractivity contribution in [1.29, 1.82) is 0 Å². The lowest BCUT2D eigenvalue weighted by molar-refractivity contribution is 0.762. The van der Waals surface area contributed by atoms with Crippen molar-refractivity contribution in [3.63, 3.8) is 0 Å². The average Bonchev–Trinajstić information content (AvgIpc) is 2.54. The standard InChI is InChI=1S/C20H30S2/c21-19-17-15-13-11-9-7-5-3-1-2-4-6-8-10-12-14-16-18-20-22/h5-16,21-22H,1-4,17-20H2/b7-5+,8-6+,11-9+,12-10+,15-13+,16-14+. The molecule has 0 saturated heterocycles. The average molecular weight is 335 g/mol. The molecule has 0 heterocycles. The minimum absolute atomic E-state index is 0.914. The fourth-order valence-corrected chi connectivity index (χ4v) is 1.93. The maximum atomic E-state index is 4.15. The SMILES string of the molecule is SCC/C=C/C=C/C=C/CCCC/C=C/C=C/C=C/CCS. The van der Waals surface area contributed by atoms with Crippen LogP contribution < -0.4 is 0 Å². The van der Waals surface area contributed by atoms with Crippen LogP contribution in [0.2, 0.25) is 0 Å². The van der Waals surface area contributed by atoms with Crippen molar-refractivity contribution < 1.29 is 0 Å². The summed E-state index contributed by atoms with van der Waals surface area (Å²) in [4.78, 5) is 0. The summed E-state index contributed by atoms with van der Waals surface area (Å²) >= 11 is 8.30. The van der Waals surface area contributed by atoms with E-state index in [0.29, 0.717) is 0 Å². The Morgan fingerprint density at radius 2 is 0.727 bits per heavy atom. The van der Waals surface area contributed by atoms with Gasteiger partial charge < -0.3 is 0 Å². The van der Waals surface area contributed by atoms with Crippen molar-refractivity contribution in [3.05, 3.63) is 72.9 Å². The summed E-state index contributed by atoms with van der Waals surface area (Å²) in [5.74, 6) is 1.83. The van der Waals surface area contributed by atoms with Gasteiger partial charge in [0.15, 0.2) is 0 Å². The summed E-state index contributed by atoms with van der Waals surface area (Å²) < 4.78 is 0. The summed E-state index contributed by atoms with van der Waals surface area (Å²) in [6.45, 7) is 0. The van der Waals surface area contributed by atoms with E-state index in [1.165, 1.54) is 12.8 Å². The van der Waals surface area contributed by atoms with Gasteiger partial charge in [0.2, 0.25) is 0 Å². The molecule has 0 aromatic carbocycles. The monoisotopic (exact) mass is 334 g/mol. The fraction of sp³-hybridized carbons (Fsp3) is 0.400.